The van der Waals surface area contributed by atoms with Crippen molar-refractivity contribution >= 4 is 5.78 Å². The topological polar surface area (TPSA) is 42.9 Å². The highest BCUT2D eigenvalue weighted by atomic mass is 19.3. The molecule has 2 unspecified atom stereocenters. The molecule has 0 aliphatic heterocycles. The molecule has 3 nitrogen and oxygen atoms in total. The first-order valence-electron chi connectivity index (χ1n) is 5.26. The second-order valence-corrected chi connectivity index (χ2v) is 4.46. The summed E-state index contributed by atoms with van der Waals surface area (Å²) in [4.78, 5) is 19.1. The minimum atomic E-state index is -2.82. The summed E-state index contributed by atoms with van der Waals surface area (Å²) in [5, 5.41) is 0. The predicted octanol–water partition coefficient (Wildman–Crippen LogP) is 1.73. The van der Waals surface area contributed by atoms with Crippen molar-refractivity contribution in [2.75, 3.05) is 0 Å². The number of alkyl halides is 2. The van der Waals surface area contributed by atoms with Gasteiger partial charge in [0.2, 0.25) is 0 Å². The van der Waals surface area contributed by atoms with Crippen molar-refractivity contribution in [3.63, 3.8) is 0 Å². The fraction of sp³-hybridized carbons (Fsp3) is 0.545. The minimum absolute atomic E-state index is 0.0365. The highest BCUT2D eigenvalue weighted by Crippen LogP contribution is 2.71. The average molecular weight is 224 g/mol. The number of ketones is 1. The lowest BCUT2D eigenvalue weighted by atomic mass is 9.87. The van der Waals surface area contributed by atoms with E-state index in [1.54, 1.807) is 6.07 Å². The molecule has 2 fully saturated rings. The van der Waals surface area contributed by atoms with E-state index < -0.39 is 17.3 Å². The second-order valence-electron chi connectivity index (χ2n) is 4.46. The zero-order valence-electron chi connectivity index (χ0n) is 8.49. The van der Waals surface area contributed by atoms with Gasteiger partial charge in [-0.25, -0.2) is 18.7 Å². The standard InChI is InChI=1S/C11H10F2N2O/c12-11(13)8-6-7(16)2-3-10(8,11)9-14-4-1-5-15-9/h1,4-5,8H,2-3,6H2. The average Bonchev–Trinajstić information content (AvgIpc) is 2.78. The normalized spacial score (nSPS) is 35.6. The maximum Gasteiger partial charge on any atom is 0.265 e. The van der Waals surface area contributed by atoms with Gasteiger partial charge < -0.3 is 0 Å². The highest BCUT2D eigenvalue weighted by Gasteiger charge is 2.83. The fourth-order valence-electron chi connectivity index (χ4n) is 2.79. The Labute approximate surface area is 90.9 Å². The molecule has 1 aromatic heterocycles. The van der Waals surface area contributed by atoms with Crippen LogP contribution in [0.2, 0.25) is 0 Å². The Morgan fingerprint density at radius 2 is 2.00 bits per heavy atom. The van der Waals surface area contributed by atoms with Crippen LogP contribution >= 0.6 is 0 Å². The largest absolute Gasteiger partial charge is 0.300 e. The highest BCUT2D eigenvalue weighted by molar-refractivity contribution is 5.81. The van der Waals surface area contributed by atoms with Crippen LogP contribution in [0.25, 0.3) is 0 Å². The Hall–Kier alpha value is -1.39. The van der Waals surface area contributed by atoms with E-state index >= 15 is 0 Å². The summed E-state index contributed by atoms with van der Waals surface area (Å²) in [5.74, 6) is -3.59. The molecule has 0 radical (unpaired) electrons. The Balaban J connectivity index is 2.04. The molecule has 0 bridgehead atoms. The summed E-state index contributed by atoms with van der Waals surface area (Å²) >= 11 is 0. The number of halogens is 2. The van der Waals surface area contributed by atoms with Crippen LogP contribution in [0.15, 0.2) is 18.5 Å². The van der Waals surface area contributed by atoms with Gasteiger partial charge in [-0.05, 0) is 12.5 Å². The van der Waals surface area contributed by atoms with Gasteiger partial charge in [0.05, 0.1) is 0 Å². The van der Waals surface area contributed by atoms with E-state index in [9.17, 15) is 13.6 Å². The van der Waals surface area contributed by atoms with Crippen LogP contribution in [0.1, 0.15) is 25.1 Å². The third-order valence-corrected chi connectivity index (χ3v) is 3.74. The molecule has 0 aromatic carbocycles. The van der Waals surface area contributed by atoms with Gasteiger partial charge in [0.25, 0.3) is 5.92 Å². The van der Waals surface area contributed by atoms with Crippen LogP contribution in [-0.2, 0) is 10.2 Å². The number of Topliss-reactive ketones (excluding diaryl/α,β-unsaturated/α-hetero) is 1. The van der Waals surface area contributed by atoms with Crippen LogP contribution < -0.4 is 0 Å². The maximum absolute atomic E-state index is 13.8. The van der Waals surface area contributed by atoms with E-state index in [4.69, 9.17) is 0 Å². The molecule has 0 N–H and O–H groups in total. The smallest absolute Gasteiger partial charge is 0.265 e. The first-order chi connectivity index (χ1) is 7.59. The van der Waals surface area contributed by atoms with Crippen LogP contribution in [0, 0.1) is 5.92 Å². The van der Waals surface area contributed by atoms with Gasteiger partial charge in [-0.15, -0.1) is 0 Å². The Morgan fingerprint density at radius 3 is 2.62 bits per heavy atom. The molecule has 2 aliphatic rings. The first kappa shape index (κ1) is 9.81. The van der Waals surface area contributed by atoms with Gasteiger partial charge in [-0.3, -0.25) is 4.79 Å². The van der Waals surface area contributed by atoms with Crippen molar-refractivity contribution in [2.45, 2.75) is 30.6 Å². The zero-order chi connectivity index (χ0) is 11.4. The van der Waals surface area contributed by atoms with E-state index in [2.05, 4.69) is 9.97 Å². The van der Waals surface area contributed by atoms with Gasteiger partial charge in [-0.1, -0.05) is 0 Å². The summed E-state index contributed by atoms with van der Waals surface area (Å²) in [5.41, 5.74) is -1.26. The molecule has 1 aromatic rings. The summed E-state index contributed by atoms with van der Waals surface area (Å²) in [6.45, 7) is 0. The van der Waals surface area contributed by atoms with Crippen molar-refractivity contribution in [3.8, 4) is 0 Å². The van der Waals surface area contributed by atoms with Crippen molar-refractivity contribution in [2.24, 2.45) is 5.92 Å². The van der Waals surface area contributed by atoms with Crippen molar-refractivity contribution < 1.29 is 13.6 Å². The summed E-state index contributed by atoms with van der Waals surface area (Å²) in [7, 11) is 0. The summed E-state index contributed by atoms with van der Waals surface area (Å²) < 4.78 is 27.6. The van der Waals surface area contributed by atoms with Gasteiger partial charge >= 0.3 is 0 Å². The number of hydrogen-bond acceptors (Lipinski definition) is 3. The van der Waals surface area contributed by atoms with Crippen molar-refractivity contribution in [1.29, 1.82) is 0 Å². The van der Waals surface area contributed by atoms with Crippen LogP contribution in [0.4, 0.5) is 8.78 Å². The van der Waals surface area contributed by atoms with E-state index in [-0.39, 0.29) is 30.9 Å². The molecule has 2 aliphatic carbocycles. The molecule has 1 heterocycles. The quantitative estimate of drug-likeness (QED) is 0.729. The maximum atomic E-state index is 13.8. The molecule has 2 atom stereocenters. The monoisotopic (exact) mass is 224 g/mol. The van der Waals surface area contributed by atoms with E-state index in [1.165, 1.54) is 12.4 Å². The molecule has 84 valence electrons. The third kappa shape index (κ3) is 0.982. The number of carbonyl (C=O) groups excluding carboxylic acids is 1. The fourth-order valence-corrected chi connectivity index (χ4v) is 2.79. The Morgan fingerprint density at radius 1 is 1.31 bits per heavy atom. The van der Waals surface area contributed by atoms with Crippen molar-refractivity contribution in [3.05, 3.63) is 24.3 Å². The predicted molar refractivity (Wildman–Crippen MR) is 51.0 cm³/mol. The number of hydrogen-bond donors (Lipinski definition) is 0. The molecule has 0 spiro atoms. The Bertz CT molecular complexity index is 449. The molecule has 2 saturated carbocycles. The lowest BCUT2D eigenvalue weighted by molar-refractivity contribution is -0.120. The van der Waals surface area contributed by atoms with E-state index in [1.807, 2.05) is 0 Å². The van der Waals surface area contributed by atoms with Gasteiger partial charge in [0.1, 0.15) is 17.0 Å². The SMILES string of the molecule is O=C1CCC2(c3ncccn3)C(C1)C2(F)F. The molecule has 0 saturated heterocycles. The lowest BCUT2D eigenvalue weighted by Crippen LogP contribution is -2.24. The molecular weight excluding hydrogens is 214 g/mol. The third-order valence-electron chi connectivity index (χ3n) is 3.74. The molecule has 3 rings (SSSR count). The molecule has 5 heteroatoms. The van der Waals surface area contributed by atoms with Crippen LogP contribution in [0.5, 0.6) is 0 Å². The second kappa shape index (κ2) is 2.84. The van der Waals surface area contributed by atoms with Gasteiger partial charge in [-0.2, -0.15) is 0 Å². The molecular formula is C11H10F2N2O. The lowest BCUT2D eigenvalue weighted by Gasteiger charge is -2.17. The number of nitrogens with zero attached hydrogens (tertiary/aromatic N) is 2. The van der Waals surface area contributed by atoms with Crippen LogP contribution in [-0.4, -0.2) is 21.7 Å². The van der Waals surface area contributed by atoms with E-state index in [0.29, 0.717) is 0 Å². The zero-order valence-corrected chi connectivity index (χ0v) is 8.49. The number of rotatable bonds is 1. The molecule has 16 heavy (non-hydrogen) atoms. The number of fused-ring (bicyclic) bond motifs is 1. The number of aromatic nitrogens is 2. The van der Waals surface area contributed by atoms with E-state index in [0.717, 1.165) is 0 Å². The molecule has 0 amide bonds. The number of carbonyl (C=O) groups is 1. The first-order valence-corrected chi connectivity index (χ1v) is 5.26. The summed E-state index contributed by atoms with van der Waals surface area (Å²) in [6.07, 6.45) is 3.29. The summed E-state index contributed by atoms with van der Waals surface area (Å²) in [6, 6.07) is 1.60. The van der Waals surface area contributed by atoms with Gasteiger partial charge in [0, 0.05) is 31.2 Å². The van der Waals surface area contributed by atoms with Gasteiger partial charge in [0.15, 0.2) is 0 Å². The van der Waals surface area contributed by atoms with Crippen LogP contribution in [0.3, 0.4) is 0 Å². The minimum Gasteiger partial charge on any atom is -0.300 e. The Kier molecular flexibility index (Phi) is 1.74. The van der Waals surface area contributed by atoms with Crippen molar-refractivity contribution in [1.82, 2.24) is 9.97 Å².